The van der Waals surface area contributed by atoms with E-state index in [1.54, 1.807) is 31.2 Å². The number of aryl methyl sites for hydroxylation is 2. The molecule has 0 saturated carbocycles. The van der Waals surface area contributed by atoms with Crippen molar-refractivity contribution in [3.05, 3.63) is 89.3 Å². The zero-order valence-corrected chi connectivity index (χ0v) is 20.5. The van der Waals surface area contributed by atoms with Crippen LogP contribution in [0.1, 0.15) is 27.4 Å². The first kappa shape index (κ1) is 24.2. The first-order chi connectivity index (χ1) is 16.7. The molecule has 0 spiro atoms. The number of nitrogens with zero attached hydrogens (tertiary/aromatic N) is 2. The van der Waals surface area contributed by atoms with Gasteiger partial charge >= 0.3 is 0 Å². The topological polar surface area (TPSA) is 114 Å². The molecule has 0 radical (unpaired) electrons. The summed E-state index contributed by atoms with van der Waals surface area (Å²) in [5.74, 6) is 0.832. The number of carbonyl (C=O) groups is 1. The van der Waals surface area contributed by atoms with Crippen molar-refractivity contribution in [2.24, 2.45) is 0 Å². The summed E-state index contributed by atoms with van der Waals surface area (Å²) in [7, 11) is -3.30. The van der Waals surface area contributed by atoms with Crippen molar-refractivity contribution in [1.29, 1.82) is 0 Å². The van der Waals surface area contributed by atoms with Crippen molar-refractivity contribution in [2.45, 2.75) is 20.3 Å². The van der Waals surface area contributed by atoms with E-state index in [2.05, 4.69) is 20.2 Å². The van der Waals surface area contributed by atoms with Crippen LogP contribution in [-0.4, -0.2) is 37.3 Å². The number of amides is 1. The second-order valence-corrected chi connectivity index (χ2v) is 10.1. The lowest BCUT2D eigenvalue weighted by atomic mass is 9.97. The third-order valence-electron chi connectivity index (χ3n) is 5.43. The second-order valence-electron chi connectivity index (χ2n) is 8.31. The molecule has 0 atom stereocenters. The largest absolute Gasteiger partial charge is 0.421 e. The number of aromatic nitrogens is 2. The van der Waals surface area contributed by atoms with Gasteiger partial charge in [0.1, 0.15) is 0 Å². The number of sulfonamides is 1. The molecule has 0 aliphatic rings. The van der Waals surface area contributed by atoms with E-state index in [4.69, 9.17) is 4.42 Å². The molecular formula is C26H26N4O4S. The lowest BCUT2D eigenvalue weighted by Gasteiger charge is -2.10. The summed E-state index contributed by atoms with van der Waals surface area (Å²) in [5, 5.41) is 10.9. The number of carbonyl (C=O) groups excluding carboxylic acids is 1. The number of rotatable bonds is 8. The second kappa shape index (κ2) is 10.1. The number of anilines is 1. The third-order valence-corrected chi connectivity index (χ3v) is 6.03. The lowest BCUT2D eigenvalue weighted by molar-refractivity contribution is 0.0954. The van der Waals surface area contributed by atoms with Crippen LogP contribution in [0.25, 0.3) is 22.6 Å². The van der Waals surface area contributed by atoms with Crippen LogP contribution >= 0.6 is 0 Å². The maximum absolute atomic E-state index is 12.6. The van der Waals surface area contributed by atoms with Crippen LogP contribution in [0.15, 0.2) is 71.1 Å². The van der Waals surface area contributed by atoms with E-state index in [-0.39, 0.29) is 5.91 Å². The fraction of sp³-hybridized carbons (Fsp3) is 0.192. The fourth-order valence-corrected chi connectivity index (χ4v) is 4.22. The van der Waals surface area contributed by atoms with E-state index < -0.39 is 10.0 Å². The van der Waals surface area contributed by atoms with E-state index >= 15 is 0 Å². The van der Waals surface area contributed by atoms with Crippen molar-refractivity contribution in [2.75, 3.05) is 17.5 Å². The molecule has 8 nitrogen and oxygen atoms in total. The van der Waals surface area contributed by atoms with E-state index in [1.807, 2.05) is 49.4 Å². The van der Waals surface area contributed by atoms with Crippen LogP contribution in [-0.2, 0) is 16.4 Å². The van der Waals surface area contributed by atoms with Gasteiger partial charge in [0.15, 0.2) is 0 Å². The minimum Gasteiger partial charge on any atom is -0.421 e. The van der Waals surface area contributed by atoms with Gasteiger partial charge in [0.2, 0.25) is 21.8 Å². The average Bonchev–Trinajstić information content (AvgIpc) is 3.26. The molecule has 1 heterocycles. The Bertz CT molecular complexity index is 1440. The molecule has 4 rings (SSSR count). The van der Waals surface area contributed by atoms with Crippen molar-refractivity contribution in [3.8, 4) is 22.6 Å². The molecule has 0 saturated heterocycles. The molecule has 1 amide bonds. The van der Waals surface area contributed by atoms with Crippen molar-refractivity contribution in [1.82, 2.24) is 15.5 Å². The van der Waals surface area contributed by atoms with Gasteiger partial charge in [-0.25, -0.2) is 8.42 Å². The van der Waals surface area contributed by atoms with Gasteiger partial charge in [0, 0.05) is 30.3 Å². The predicted molar refractivity (Wildman–Crippen MR) is 136 cm³/mol. The van der Waals surface area contributed by atoms with Crippen LogP contribution in [0.5, 0.6) is 0 Å². The Hall–Kier alpha value is -3.98. The van der Waals surface area contributed by atoms with Crippen LogP contribution in [0.3, 0.4) is 0 Å². The normalized spacial score (nSPS) is 11.3. The molecular weight excluding hydrogens is 464 g/mol. The van der Waals surface area contributed by atoms with Crippen LogP contribution < -0.4 is 10.0 Å². The van der Waals surface area contributed by atoms with E-state index in [0.29, 0.717) is 36.0 Å². The Labute approximate surface area is 204 Å². The van der Waals surface area contributed by atoms with Gasteiger partial charge in [-0.2, -0.15) is 0 Å². The Kier molecular flexibility index (Phi) is 6.97. The van der Waals surface area contributed by atoms with E-state index in [9.17, 15) is 13.2 Å². The molecule has 0 fully saturated rings. The quantitative estimate of drug-likeness (QED) is 0.379. The summed E-state index contributed by atoms with van der Waals surface area (Å²) in [4.78, 5) is 12.6. The Morgan fingerprint density at radius 3 is 2.23 bits per heavy atom. The number of benzene rings is 3. The smallest absolute Gasteiger partial charge is 0.251 e. The summed E-state index contributed by atoms with van der Waals surface area (Å²) in [6.45, 7) is 4.25. The molecule has 0 aliphatic carbocycles. The number of nitrogens with one attached hydrogen (secondary N) is 2. The monoisotopic (exact) mass is 490 g/mol. The van der Waals surface area contributed by atoms with Crippen LogP contribution in [0, 0.1) is 13.8 Å². The highest BCUT2D eigenvalue weighted by Gasteiger charge is 2.11. The molecule has 1 aromatic heterocycles. The van der Waals surface area contributed by atoms with Crippen molar-refractivity contribution < 1.29 is 17.6 Å². The van der Waals surface area contributed by atoms with Crippen LogP contribution in [0.4, 0.5) is 5.69 Å². The molecule has 180 valence electrons. The molecule has 2 N–H and O–H groups in total. The lowest BCUT2D eigenvalue weighted by Crippen LogP contribution is -2.25. The highest BCUT2D eigenvalue weighted by atomic mass is 32.2. The number of hydrogen-bond donors (Lipinski definition) is 2. The summed E-state index contributed by atoms with van der Waals surface area (Å²) >= 11 is 0. The molecule has 0 bridgehead atoms. The molecule has 0 aliphatic heterocycles. The van der Waals surface area contributed by atoms with E-state index in [0.717, 1.165) is 34.1 Å². The third kappa shape index (κ3) is 6.33. The summed E-state index contributed by atoms with van der Waals surface area (Å²) in [6, 6.07) is 20.5. The van der Waals surface area contributed by atoms with Gasteiger partial charge in [-0.1, -0.05) is 30.3 Å². The summed E-state index contributed by atoms with van der Waals surface area (Å²) < 4.78 is 30.6. The first-order valence-electron chi connectivity index (χ1n) is 11.0. The standard InChI is InChI=1S/C26H26N4O4S/c1-17-4-7-22(26-29-28-18(2)34-26)16-24(17)20-8-10-21(11-9-20)25(31)27-15-14-19-5-12-23(13-6-19)30-35(3,32)33/h4-13,16,30H,14-15H2,1-3H3,(H,27,31). The minimum absolute atomic E-state index is 0.154. The van der Waals surface area contributed by atoms with Gasteiger partial charge in [-0.3, -0.25) is 9.52 Å². The molecule has 4 aromatic rings. The Morgan fingerprint density at radius 2 is 1.60 bits per heavy atom. The summed E-state index contributed by atoms with van der Waals surface area (Å²) in [6.07, 6.45) is 1.74. The van der Waals surface area contributed by atoms with Crippen molar-refractivity contribution in [3.63, 3.8) is 0 Å². The van der Waals surface area contributed by atoms with Crippen LogP contribution in [0.2, 0.25) is 0 Å². The average molecular weight is 491 g/mol. The first-order valence-corrected chi connectivity index (χ1v) is 12.9. The SMILES string of the molecule is Cc1nnc(-c2ccc(C)c(-c3ccc(C(=O)NCCc4ccc(NS(C)(=O)=O)cc4)cc3)c2)o1. The van der Waals surface area contributed by atoms with Gasteiger partial charge in [-0.05, 0) is 72.0 Å². The van der Waals surface area contributed by atoms with Gasteiger partial charge in [0.25, 0.3) is 5.91 Å². The highest BCUT2D eigenvalue weighted by Crippen LogP contribution is 2.29. The summed E-state index contributed by atoms with van der Waals surface area (Å²) in [5.41, 5.74) is 6.02. The molecule has 3 aromatic carbocycles. The minimum atomic E-state index is -3.30. The maximum Gasteiger partial charge on any atom is 0.251 e. The number of hydrogen-bond acceptors (Lipinski definition) is 6. The fourth-order valence-electron chi connectivity index (χ4n) is 3.66. The zero-order valence-electron chi connectivity index (χ0n) is 19.7. The maximum atomic E-state index is 12.6. The molecule has 9 heteroatoms. The Balaban J connectivity index is 1.37. The van der Waals surface area contributed by atoms with Crippen molar-refractivity contribution >= 4 is 21.6 Å². The van der Waals surface area contributed by atoms with E-state index in [1.165, 1.54) is 0 Å². The zero-order chi connectivity index (χ0) is 25.0. The van der Waals surface area contributed by atoms with Gasteiger partial charge in [-0.15, -0.1) is 10.2 Å². The Morgan fingerprint density at radius 1 is 0.914 bits per heavy atom. The highest BCUT2D eigenvalue weighted by molar-refractivity contribution is 7.92. The van der Waals surface area contributed by atoms with Gasteiger partial charge < -0.3 is 9.73 Å². The predicted octanol–water partition coefficient (Wildman–Crippen LogP) is 4.36. The molecule has 0 unspecified atom stereocenters. The van der Waals surface area contributed by atoms with Gasteiger partial charge in [0.05, 0.1) is 6.26 Å². The molecule has 35 heavy (non-hydrogen) atoms.